The minimum atomic E-state index is -0.347. The van der Waals surface area contributed by atoms with Crippen LogP contribution >= 0.6 is 23.2 Å². The minimum Gasteiger partial charge on any atom is -0.481 e. The second kappa shape index (κ2) is 15.3. The van der Waals surface area contributed by atoms with Crippen LogP contribution in [0.1, 0.15) is 42.0 Å². The van der Waals surface area contributed by atoms with E-state index in [0.29, 0.717) is 47.7 Å². The first kappa shape index (κ1) is 34.8. The van der Waals surface area contributed by atoms with Crippen molar-refractivity contribution in [2.75, 3.05) is 32.1 Å². The van der Waals surface area contributed by atoms with Crippen molar-refractivity contribution < 1.29 is 13.9 Å². The topological polar surface area (TPSA) is 104 Å². The van der Waals surface area contributed by atoms with Crippen LogP contribution in [0.15, 0.2) is 79.1 Å². The van der Waals surface area contributed by atoms with E-state index in [2.05, 4.69) is 31.9 Å². The zero-order chi connectivity index (χ0) is 35.5. The molecule has 0 radical (unpaired) electrons. The van der Waals surface area contributed by atoms with E-state index in [1.807, 2.05) is 61.6 Å². The maximum atomic E-state index is 13.7. The Labute approximate surface area is 306 Å². The number of methoxy groups -OCH3 is 1. The minimum absolute atomic E-state index is 0.0584. The van der Waals surface area contributed by atoms with E-state index < -0.39 is 0 Å². The lowest BCUT2D eigenvalue weighted by Crippen LogP contribution is -2.35. The summed E-state index contributed by atoms with van der Waals surface area (Å²) in [7, 11) is 3.64. The van der Waals surface area contributed by atoms with Crippen LogP contribution in [0.4, 0.5) is 10.2 Å². The Bertz CT molecular complexity index is 2080. The van der Waals surface area contributed by atoms with Gasteiger partial charge in [0.05, 0.1) is 34.7 Å². The van der Waals surface area contributed by atoms with Crippen molar-refractivity contribution in [3.8, 4) is 39.5 Å². The van der Waals surface area contributed by atoms with Crippen molar-refractivity contribution >= 4 is 34.9 Å². The van der Waals surface area contributed by atoms with Crippen molar-refractivity contribution in [1.29, 1.82) is 0 Å². The predicted octanol–water partition coefficient (Wildman–Crippen LogP) is 7.37. The molecule has 3 aromatic heterocycles. The molecule has 0 spiro atoms. The van der Waals surface area contributed by atoms with Crippen LogP contribution in [0.3, 0.4) is 0 Å². The molecular weight excluding hydrogens is 688 g/mol. The van der Waals surface area contributed by atoms with Crippen molar-refractivity contribution in [2.45, 2.75) is 44.4 Å². The number of pyridine rings is 3. The summed E-state index contributed by atoms with van der Waals surface area (Å²) in [5.74, 6) is 1.13. The molecule has 2 aliphatic heterocycles. The van der Waals surface area contributed by atoms with Gasteiger partial charge < -0.3 is 25.6 Å². The summed E-state index contributed by atoms with van der Waals surface area (Å²) >= 11 is 14.3. The smallest absolute Gasteiger partial charge is 0.220 e. The highest BCUT2D eigenvalue weighted by Gasteiger charge is 2.26. The highest BCUT2D eigenvalue weighted by atomic mass is 35.5. The third kappa shape index (κ3) is 7.55. The number of nitrogens with one attached hydrogen (secondary N) is 3. The number of rotatable bonds is 11. The number of anilines is 1. The molecule has 1 amide bonds. The van der Waals surface area contributed by atoms with Gasteiger partial charge in [0.1, 0.15) is 11.6 Å². The summed E-state index contributed by atoms with van der Waals surface area (Å²) in [6.07, 6.45) is 5.18. The molecule has 2 aromatic carbocycles. The van der Waals surface area contributed by atoms with Gasteiger partial charge in [0.15, 0.2) is 0 Å². The van der Waals surface area contributed by atoms with Gasteiger partial charge in [0, 0.05) is 91.3 Å². The Morgan fingerprint density at radius 2 is 1.63 bits per heavy atom. The first-order chi connectivity index (χ1) is 24.8. The van der Waals surface area contributed by atoms with E-state index in [-0.39, 0.29) is 23.8 Å². The predicted molar refractivity (Wildman–Crippen MR) is 199 cm³/mol. The molecular formula is C39H38Cl2FN7O2. The zero-order valence-electron chi connectivity index (χ0n) is 28.3. The third-order valence-electron chi connectivity index (χ3n) is 9.47. The second-order valence-electron chi connectivity index (χ2n) is 12.9. The van der Waals surface area contributed by atoms with E-state index in [1.54, 1.807) is 13.3 Å². The summed E-state index contributed by atoms with van der Waals surface area (Å²) in [5, 5.41) is 11.0. The number of ether oxygens (including phenoxy) is 1. The van der Waals surface area contributed by atoms with Crippen molar-refractivity contribution in [3.05, 3.63) is 112 Å². The largest absolute Gasteiger partial charge is 0.481 e. The van der Waals surface area contributed by atoms with E-state index >= 15 is 0 Å². The van der Waals surface area contributed by atoms with Gasteiger partial charge in [-0.3, -0.25) is 9.78 Å². The third-order valence-corrected chi connectivity index (χ3v) is 10.3. The lowest BCUT2D eigenvalue weighted by atomic mass is 9.96. The van der Waals surface area contributed by atoms with Crippen molar-refractivity contribution in [1.82, 2.24) is 30.9 Å². The van der Waals surface area contributed by atoms with Gasteiger partial charge in [-0.1, -0.05) is 71.7 Å². The summed E-state index contributed by atoms with van der Waals surface area (Å²) in [6, 6.07) is 21.4. The summed E-state index contributed by atoms with van der Waals surface area (Å²) in [6.45, 7) is 2.54. The molecule has 5 aromatic rings. The lowest BCUT2D eigenvalue weighted by Gasteiger charge is -2.33. The molecule has 262 valence electrons. The Balaban J connectivity index is 1.13. The van der Waals surface area contributed by atoms with Crippen LogP contribution in [-0.4, -0.2) is 54.1 Å². The number of hydrogen-bond donors (Lipinski definition) is 3. The molecule has 7 rings (SSSR count). The molecule has 2 aliphatic rings. The van der Waals surface area contributed by atoms with Gasteiger partial charge in [0.2, 0.25) is 11.8 Å². The van der Waals surface area contributed by atoms with Gasteiger partial charge in [0.25, 0.3) is 0 Å². The highest BCUT2D eigenvalue weighted by Crippen LogP contribution is 2.43. The van der Waals surface area contributed by atoms with Gasteiger partial charge in [-0.05, 0) is 36.6 Å². The Morgan fingerprint density at radius 1 is 0.922 bits per heavy atom. The number of carbonyl (C=O) groups is 1. The first-order valence-electron chi connectivity index (χ1n) is 17.0. The van der Waals surface area contributed by atoms with E-state index in [1.165, 1.54) is 12.3 Å². The molecule has 0 bridgehead atoms. The van der Waals surface area contributed by atoms with Gasteiger partial charge in [-0.25, -0.2) is 14.4 Å². The lowest BCUT2D eigenvalue weighted by molar-refractivity contribution is -0.119. The van der Waals surface area contributed by atoms with Crippen molar-refractivity contribution in [3.63, 3.8) is 0 Å². The van der Waals surface area contributed by atoms with Crippen LogP contribution in [0.25, 0.3) is 33.6 Å². The molecule has 2 unspecified atom stereocenters. The standard InChI is InChI=1S/C39H38Cl2FN7O2/c1-49-16-15-32(45-19-23-17-25(42)21-43-18-23)31-11-13-33(47-38(31)49)29-7-3-5-27(36(29)40)28-6-4-8-30(37(28)41)34-12-9-24(39(48-34)51-2)20-44-22-26-10-14-35(50)46-26/h3-9,11-13,17-18,21,26,32,44-45H,10,14-16,19-20,22H2,1-2H3,(H,46,50). The Morgan fingerprint density at radius 3 is 2.31 bits per heavy atom. The summed E-state index contributed by atoms with van der Waals surface area (Å²) in [4.78, 5) is 27.5. The number of fused-ring (bicyclic) bond motifs is 1. The average molecular weight is 727 g/mol. The number of nitrogens with zero attached hydrogens (tertiary/aromatic N) is 4. The fourth-order valence-corrected chi connectivity index (χ4v) is 7.44. The average Bonchev–Trinajstić information content (AvgIpc) is 3.56. The summed E-state index contributed by atoms with van der Waals surface area (Å²) < 4.78 is 19.4. The Hall–Kier alpha value is -4.61. The number of amides is 1. The highest BCUT2D eigenvalue weighted by molar-refractivity contribution is 6.39. The second-order valence-corrected chi connectivity index (χ2v) is 13.7. The molecule has 0 saturated carbocycles. The number of halogens is 3. The SMILES string of the molecule is COc1nc(-c2cccc(-c3cccc(-c4ccc5c(n4)N(C)CCC5NCc4cncc(F)c4)c3Cl)c2Cl)ccc1CNCC1CCC(=O)N1. The molecule has 12 heteroatoms. The molecule has 2 atom stereocenters. The number of aromatic nitrogens is 3. The normalized spacial score (nSPS) is 17.0. The molecule has 5 heterocycles. The van der Waals surface area contributed by atoms with E-state index in [4.69, 9.17) is 37.9 Å². The first-order valence-corrected chi connectivity index (χ1v) is 17.7. The number of benzene rings is 2. The molecule has 51 heavy (non-hydrogen) atoms. The van der Waals surface area contributed by atoms with Crippen LogP contribution in [0, 0.1) is 5.82 Å². The molecule has 3 N–H and O–H groups in total. The van der Waals surface area contributed by atoms with Crippen LogP contribution < -0.4 is 25.6 Å². The van der Waals surface area contributed by atoms with Crippen LogP contribution in [-0.2, 0) is 17.9 Å². The van der Waals surface area contributed by atoms with Gasteiger partial charge >= 0.3 is 0 Å². The van der Waals surface area contributed by atoms with Crippen LogP contribution in [0.5, 0.6) is 5.88 Å². The molecule has 9 nitrogen and oxygen atoms in total. The van der Waals surface area contributed by atoms with E-state index in [9.17, 15) is 9.18 Å². The van der Waals surface area contributed by atoms with Crippen molar-refractivity contribution in [2.24, 2.45) is 0 Å². The fraction of sp³-hybridized carbons (Fsp3) is 0.282. The number of hydrogen-bond acceptors (Lipinski definition) is 8. The van der Waals surface area contributed by atoms with E-state index in [0.717, 1.165) is 69.8 Å². The zero-order valence-corrected chi connectivity index (χ0v) is 29.9. The number of carbonyl (C=O) groups excluding carboxylic acids is 1. The van der Waals surface area contributed by atoms with Gasteiger partial charge in [-0.2, -0.15) is 0 Å². The monoisotopic (exact) mass is 725 g/mol. The molecule has 0 aliphatic carbocycles. The Kier molecular flexibility index (Phi) is 10.5. The quantitative estimate of drug-likeness (QED) is 0.130. The maximum Gasteiger partial charge on any atom is 0.220 e. The van der Waals surface area contributed by atoms with Gasteiger partial charge in [-0.15, -0.1) is 0 Å². The molecule has 1 fully saturated rings. The summed E-state index contributed by atoms with van der Waals surface area (Å²) in [5.41, 5.74) is 7.30. The molecule has 1 saturated heterocycles. The fourth-order valence-electron chi connectivity index (χ4n) is 6.79. The van der Waals surface area contributed by atoms with Crippen LogP contribution in [0.2, 0.25) is 10.0 Å². The maximum absolute atomic E-state index is 13.7.